The summed E-state index contributed by atoms with van der Waals surface area (Å²) < 4.78 is 5.42. The molecule has 1 aromatic heterocycles. The molecule has 21 heavy (non-hydrogen) atoms. The first-order valence-electron chi connectivity index (χ1n) is 7.42. The van der Waals surface area contributed by atoms with Crippen LogP contribution in [0.4, 0.5) is 0 Å². The number of nitrogens with zero attached hydrogens (tertiary/aromatic N) is 2. The van der Waals surface area contributed by atoms with Gasteiger partial charge < -0.3 is 10.5 Å². The molecule has 1 aliphatic carbocycles. The molecule has 1 aromatic carbocycles. The predicted octanol–water partition coefficient (Wildman–Crippen LogP) is 2.52. The molecule has 2 aromatic rings. The van der Waals surface area contributed by atoms with E-state index in [4.69, 9.17) is 20.4 Å². The van der Waals surface area contributed by atoms with Gasteiger partial charge in [-0.05, 0) is 56.3 Å². The summed E-state index contributed by atoms with van der Waals surface area (Å²) in [6.45, 7) is 2.81. The van der Waals surface area contributed by atoms with Gasteiger partial charge in [-0.15, -0.1) is 0 Å². The van der Waals surface area contributed by atoms with E-state index in [0.717, 1.165) is 48.6 Å². The van der Waals surface area contributed by atoms with Crippen molar-refractivity contribution in [1.82, 2.24) is 9.97 Å². The van der Waals surface area contributed by atoms with Crippen LogP contribution in [0.3, 0.4) is 0 Å². The molecule has 0 saturated heterocycles. The molecule has 4 nitrogen and oxygen atoms in total. The lowest BCUT2D eigenvalue weighted by atomic mass is 9.86. The van der Waals surface area contributed by atoms with Gasteiger partial charge in [0.15, 0.2) is 5.82 Å². The Labute approximate surface area is 125 Å². The average molecular weight is 283 g/mol. The monoisotopic (exact) mass is 283 g/mol. The summed E-state index contributed by atoms with van der Waals surface area (Å²) in [5, 5.41) is 0. The van der Waals surface area contributed by atoms with Gasteiger partial charge in [-0.1, -0.05) is 12.1 Å². The van der Waals surface area contributed by atoms with Gasteiger partial charge in [-0.2, -0.15) is 0 Å². The quantitative estimate of drug-likeness (QED) is 0.940. The van der Waals surface area contributed by atoms with Gasteiger partial charge in [-0.25, -0.2) is 9.97 Å². The number of methoxy groups -OCH3 is 1. The topological polar surface area (TPSA) is 61.0 Å². The minimum absolute atomic E-state index is 0.567. The number of hydrogen-bond acceptors (Lipinski definition) is 4. The fourth-order valence-corrected chi connectivity index (χ4v) is 3.01. The second kappa shape index (κ2) is 5.82. The summed E-state index contributed by atoms with van der Waals surface area (Å²) in [5.41, 5.74) is 10.3. The van der Waals surface area contributed by atoms with Crippen molar-refractivity contribution in [2.24, 2.45) is 11.7 Å². The molecule has 110 valence electrons. The molecule has 0 radical (unpaired) electrons. The van der Waals surface area contributed by atoms with Crippen LogP contribution in [0.15, 0.2) is 24.3 Å². The highest BCUT2D eigenvalue weighted by Crippen LogP contribution is 2.31. The summed E-state index contributed by atoms with van der Waals surface area (Å²) in [6.07, 6.45) is 3.11. The van der Waals surface area contributed by atoms with Crippen LogP contribution in [0.1, 0.15) is 23.4 Å². The SMILES string of the molecule is COc1ccccc1-c1nc(C)c2c(n1)CCC(CN)C2. The smallest absolute Gasteiger partial charge is 0.163 e. The van der Waals surface area contributed by atoms with Crippen molar-refractivity contribution in [1.29, 1.82) is 0 Å². The van der Waals surface area contributed by atoms with Gasteiger partial charge in [0, 0.05) is 11.4 Å². The second-order valence-corrected chi connectivity index (χ2v) is 5.60. The van der Waals surface area contributed by atoms with Crippen molar-refractivity contribution in [2.45, 2.75) is 26.2 Å². The van der Waals surface area contributed by atoms with Crippen molar-refractivity contribution >= 4 is 0 Å². The van der Waals surface area contributed by atoms with Crippen LogP contribution in [-0.4, -0.2) is 23.6 Å². The first-order valence-corrected chi connectivity index (χ1v) is 7.42. The zero-order valence-corrected chi connectivity index (χ0v) is 12.6. The summed E-state index contributed by atoms with van der Waals surface area (Å²) in [6, 6.07) is 7.89. The minimum atomic E-state index is 0.567. The molecule has 1 aliphatic rings. The Balaban J connectivity index is 2.05. The Morgan fingerprint density at radius 3 is 2.86 bits per heavy atom. The third-order valence-corrected chi connectivity index (χ3v) is 4.26. The highest BCUT2D eigenvalue weighted by molar-refractivity contribution is 5.64. The zero-order chi connectivity index (χ0) is 14.8. The molecule has 0 amide bonds. The molecule has 1 atom stereocenters. The molecule has 1 heterocycles. The average Bonchev–Trinajstić information content (AvgIpc) is 2.54. The Hall–Kier alpha value is -1.94. The van der Waals surface area contributed by atoms with Crippen molar-refractivity contribution in [3.63, 3.8) is 0 Å². The Morgan fingerprint density at radius 2 is 2.10 bits per heavy atom. The van der Waals surface area contributed by atoms with E-state index in [2.05, 4.69) is 6.92 Å². The molecule has 1 unspecified atom stereocenters. The van der Waals surface area contributed by atoms with E-state index >= 15 is 0 Å². The number of benzene rings is 1. The molecular formula is C17H21N3O. The molecular weight excluding hydrogens is 262 g/mol. The lowest BCUT2D eigenvalue weighted by Gasteiger charge is -2.24. The molecule has 4 heteroatoms. The Morgan fingerprint density at radius 1 is 1.29 bits per heavy atom. The molecule has 3 rings (SSSR count). The van der Waals surface area contributed by atoms with E-state index < -0.39 is 0 Å². The third kappa shape index (κ3) is 2.63. The predicted molar refractivity (Wildman–Crippen MR) is 83.3 cm³/mol. The van der Waals surface area contributed by atoms with Gasteiger partial charge in [-0.3, -0.25) is 0 Å². The van der Waals surface area contributed by atoms with E-state index in [1.54, 1.807) is 7.11 Å². The normalized spacial score (nSPS) is 17.4. The van der Waals surface area contributed by atoms with Crippen LogP contribution in [0.25, 0.3) is 11.4 Å². The van der Waals surface area contributed by atoms with Gasteiger partial charge in [0.2, 0.25) is 0 Å². The molecule has 0 bridgehead atoms. The number of aryl methyl sites for hydroxylation is 2. The zero-order valence-electron chi connectivity index (χ0n) is 12.6. The van der Waals surface area contributed by atoms with Crippen molar-refractivity contribution in [3.05, 3.63) is 41.2 Å². The first-order chi connectivity index (χ1) is 10.2. The van der Waals surface area contributed by atoms with Gasteiger partial charge >= 0.3 is 0 Å². The summed E-state index contributed by atoms with van der Waals surface area (Å²) in [4.78, 5) is 9.49. The molecule has 0 saturated carbocycles. The number of ether oxygens (including phenoxy) is 1. The van der Waals surface area contributed by atoms with Crippen LogP contribution >= 0.6 is 0 Å². The molecule has 0 aliphatic heterocycles. The molecule has 0 fully saturated rings. The highest BCUT2D eigenvalue weighted by Gasteiger charge is 2.22. The van der Waals surface area contributed by atoms with E-state index in [1.807, 2.05) is 24.3 Å². The van der Waals surface area contributed by atoms with Crippen molar-refractivity contribution in [2.75, 3.05) is 13.7 Å². The lowest BCUT2D eigenvalue weighted by Crippen LogP contribution is -2.24. The Kier molecular flexibility index (Phi) is 3.88. The second-order valence-electron chi connectivity index (χ2n) is 5.60. The van der Waals surface area contributed by atoms with Gasteiger partial charge in [0.1, 0.15) is 5.75 Å². The van der Waals surface area contributed by atoms with E-state index in [1.165, 1.54) is 11.3 Å². The number of para-hydroxylation sites is 1. The summed E-state index contributed by atoms with van der Waals surface area (Å²) in [5.74, 6) is 2.14. The van der Waals surface area contributed by atoms with Crippen LogP contribution in [0.5, 0.6) is 5.75 Å². The molecule has 0 spiro atoms. The fourth-order valence-electron chi connectivity index (χ4n) is 3.01. The first kappa shape index (κ1) is 14.0. The van der Waals surface area contributed by atoms with E-state index in [9.17, 15) is 0 Å². The third-order valence-electron chi connectivity index (χ3n) is 4.26. The van der Waals surface area contributed by atoms with Crippen LogP contribution in [0, 0.1) is 12.8 Å². The Bertz CT molecular complexity index is 654. The van der Waals surface area contributed by atoms with Gasteiger partial charge in [0.05, 0.1) is 12.7 Å². The number of nitrogens with two attached hydrogens (primary N) is 1. The number of hydrogen-bond donors (Lipinski definition) is 1. The number of aromatic nitrogens is 2. The maximum Gasteiger partial charge on any atom is 0.163 e. The maximum absolute atomic E-state index is 5.81. The highest BCUT2D eigenvalue weighted by atomic mass is 16.5. The standard InChI is InChI=1S/C17H21N3O/c1-11-14-9-12(10-18)7-8-15(14)20-17(19-11)13-5-3-4-6-16(13)21-2/h3-6,12H,7-10,18H2,1-2H3. The minimum Gasteiger partial charge on any atom is -0.496 e. The van der Waals surface area contributed by atoms with Crippen molar-refractivity contribution in [3.8, 4) is 17.1 Å². The van der Waals surface area contributed by atoms with E-state index in [-0.39, 0.29) is 0 Å². The number of fused-ring (bicyclic) bond motifs is 1. The van der Waals surface area contributed by atoms with Crippen LogP contribution in [-0.2, 0) is 12.8 Å². The lowest BCUT2D eigenvalue weighted by molar-refractivity contribution is 0.416. The van der Waals surface area contributed by atoms with Gasteiger partial charge in [0.25, 0.3) is 0 Å². The van der Waals surface area contributed by atoms with Crippen LogP contribution < -0.4 is 10.5 Å². The fraction of sp³-hybridized carbons (Fsp3) is 0.412. The van der Waals surface area contributed by atoms with Crippen molar-refractivity contribution < 1.29 is 4.74 Å². The maximum atomic E-state index is 5.81. The van der Waals surface area contributed by atoms with Crippen LogP contribution in [0.2, 0.25) is 0 Å². The largest absolute Gasteiger partial charge is 0.496 e. The number of rotatable bonds is 3. The summed E-state index contributed by atoms with van der Waals surface area (Å²) >= 11 is 0. The molecule has 2 N–H and O–H groups in total. The summed E-state index contributed by atoms with van der Waals surface area (Å²) in [7, 11) is 1.68. The van der Waals surface area contributed by atoms with E-state index in [0.29, 0.717) is 5.92 Å².